The lowest BCUT2D eigenvalue weighted by atomic mass is 10.2. The molecular weight excluding hydrogens is 300 g/mol. The van der Waals surface area contributed by atoms with Crippen LogP contribution in [0.3, 0.4) is 0 Å². The number of benzene rings is 1. The monoisotopic (exact) mass is 312 g/mol. The van der Waals surface area contributed by atoms with E-state index in [-0.39, 0.29) is 11.6 Å². The van der Waals surface area contributed by atoms with Gasteiger partial charge in [-0.05, 0) is 12.1 Å². The van der Waals surface area contributed by atoms with Crippen molar-refractivity contribution in [2.24, 2.45) is 0 Å². The van der Waals surface area contributed by atoms with E-state index in [9.17, 15) is 4.79 Å². The molecule has 1 amide bonds. The minimum absolute atomic E-state index is 0.251. The molecule has 0 saturated carbocycles. The number of hydrogen-bond acceptors (Lipinski definition) is 6. The molecule has 1 N–H and O–H groups in total. The van der Waals surface area contributed by atoms with Gasteiger partial charge in [-0.3, -0.25) is 15.1 Å². The predicted molar refractivity (Wildman–Crippen MR) is 84.1 cm³/mol. The molecule has 0 radical (unpaired) electrons. The number of nitrogens with one attached hydrogen (secondary N) is 1. The van der Waals surface area contributed by atoms with Crippen LogP contribution in [0.1, 0.15) is 10.5 Å². The molecule has 0 fully saturated rings. The largest absolute Gasteiger partial charge is 0.497 e. The fourth-order valence-electron chi connectivity index (χ4n) is 1.82. The third-order valence-electron chi connectivity index (χ3n) is 2.89. The second kappa shape index (κ2) is 6.31. The van der Waals surface area contributed by atoms with Crippen molar-refractivity contribution in [2.75, 3.05) is 12.4 Å². The van der Waals surface area contributed by atoms with E-state index in [1.165, 1.54) is 29.9 Å². The Labute approximate surface area is 130 Å². The first-order valence-electron chi connectivity index (χ1n) is 6.43. The topological polar surface area (TPSA) is 77.0 Å². The van der Waals surface area contributed by atoms with Crippen LogP contribution < -0.4 is 10.1 Å². The molecule has 3 aromatic rings. The number of anilines is 1. The molecule has 6 nitrogen and oxygen atoms in total. The van der Waals surface area contributed by atoms with Crippen LogP contribution in [-0.2, 0) is 0 Å². The maximum absolute atomic E-state index is 12.0. The van der Waals surface area contributed by atoms with Crippen LogP contribution in [0.15, 0.2) is 48.2 Å². The van der Waals surface area contributed by atoms with E-state index < -0.39 is 0 Å². The lowest BCUT2D eigenvalue weighted by Crippen LogP contribution is -2.13. The fraction of sp³-hybridized carbons (Fsp3) is 0.0667. The molecular formula is C15H12N4O2S. The summed E-state index contributed by atoms with van der Waals surface area (Å²) in [6.07, 6.45) is 4.39. The van der Waals surface area contributed by atoms with Gasteiger partial charge < -0.3 is 4.74 Å². The minimum Gasteiger partial charge on any atom is -0.497 e. The SMILES string of the molecule is COc1cccc(-c2csc(NC(=O)c3cnccn3)n2)c1. The summed E-state index contributed by atoms with van der Waals surface area (Å²) in [6, 6.07) is 7.59. The first-order valence-corrected chi connectivity index (χ1v) is 7.31. The van der Waals surface area contributed by atoms with Gasteiger partial charge >= 0.3 is 0 Å². The van der Waals surface area contributed by atoms with E-state index >= 15 is 0 Å². The third-order valence-corrected chi connectivity index (χ3v) is 3.64. The lowest BCUT2D eigenvalue weighted by Gasteiger charge is -2.02. The molecule has 0 aliphatic heterocycles. The number of hydrogen-bond donors (Lipinski definition) is 1. The molecule has 22 heavy (non-hydrogen) atoms. The molecule has 1 aromatic carbocycles. The molecule has 110 valence electrons. The Hall–Kier alpha value is -2.80. The van der Waals surface area contributed by atoms with E-state index in [1.54, 1.807) is 7.11 Å². The molecule has 7 heteroatoms. The highest BCUT2D eigenvalue weighted by molar-refractivity contribution is 7.14. The van der Waals surface area contributed by atoms with Crippen LogP contribution in [0.5, 0.6) is 5.75 Å². The zero-order valence-corrected chi connectivity index (χ0v) is 12.5. The first kappa shape index (κ1) is 14.2. The second-order valence-electron chi connectivity index (χ2n) is 4.31. The molecule has 0 bridgehead atoms. The van der Waals surface area contributed by atoms with Crippen LogP contribution in [0, 0.1) is 0 Å². The number of thiazole rings is 1. The van der Waals surface area contributed by atoms with Gasteiger partial charge in [0.1, 0.15) is 11.4 Å². The van der Waals surface area contributed by atoms with E-state index in [2.05, 4.69) is 20.3 Å². The van der Waals surface area contributed by atoms with Crippen molar-refractivity contribution in [3.05, 3.63) is 53.9 Å². The molecule has 0 atom stereocenters. The summed E-state index contributed by atoms with van der Waals surface area (Å²) < 4.78 is 5.20. The van der Waals surface area contributed by atoms with E-state index in [0.29, 0.717) is 5.13 Å². The van der Waals surface area contributed by atoms with Crippen molar-refractivity contribution < 1.29 is 9.53 Å². The normalized spacial score (nSPS) is 10.2. The summed E-state index contributed by atoms with van der Waals surface area (Å²) in [7, 11) is 1.62. The second-order valence-corrected chi connectivity index (χ2v) is 5.17. The van der Waals surface area contributed by atoms with Gasteiger partial charge in [0.2, 0.25) is 0 Å². The summed E-state index contributed by atoms with van der Waals surface area (Å²) >= 11 is 1.35. The quantitative estimate of drug-likeness (QED) is 0.801. The number of nitrogens with zero attached hydrogens (tertiary/aromatic N) is 3. The van der Waals surface area contributed by atoms with Crippen LogP contribution in [0.2, 0.25) is 0 Å². The third kappa shape index (κ3) is 3.09. The van der Waals surface area contributed by atoms with Crippen molar-refractivity contribution in [3.8, 4) is 17.0 Å². The molecule has 0 spiro atoms. The van der Waals surface area contributed by atoms with Crippen molar-refractivity contribution in [2.45, 2.75) is 0 Å². The number of rotatable bonds is 4. The smallest absolute Gasteiger partial charge is 0.277 e. The average molecular weight is 312 g/mol. The lowest BCUT2D eigenvalue weighted by molar-refractivity contribution is 0.102. The Morgan fingerprint density at radius 1 is 1.32 bits per heavy atom. The van der Waals surface area contributed by atoms with Gasteiger partial charge in [0.15, 0.2) is 5.13 Å². The highest BCUT2D eigenvalue weighted by Crippen LogP contribution is 2.27. The van der Waals surface area contributed by atoms with Crippen molar-refractivity contribution in [3.63, 3.8) is 0 Å². The predicted octanol–water partition coefficient (Wildman–Crippen LogP) is 2.86. The van der Waals surface area contributed by atoms with Crippen LogP contribution >= 0.6 is 11.3 Å². The molecule has 3 rings (SSSR count). The maximum Gasteiger partial charge on any atom is 0.277 e. The standard InChI is InChI=1S/C15H12N4O2S/c1-21-11-4-2-3-10(7-11)13-9-22-15(18-13)19-14(20)12-8-16-5-6-17-12/h2-9H,1H3,(H,18,19,20). The summed E-state index contributed by atoms with van der Waals surface area (Å²) in [5.41, 5.74) is 1.95. The zero-order valence-electron chi connectivity index (χ0n) is 11.7. The first-order chi connectivity index (χ1) is 10.8. The van der Waals surface area contributed by atoms with E-state index in [0.717, 1.165) is 17.0 Å². The number of ether oxygens (including phenoxy) is 1. The van der Waals surface area contributed by atoms with Crippen LogP contribution in [-0.4, -0.2) is 28.0 Å². The fourth-order valence-corrected chi connectivity index (χ4v) is 2.54. The molecule has 2 aromatic heterocycles. The zero-order chi connectivity index (χ0) is 15.4. The summed E-state index contributed by atoms with van der Waals surface area (Å²) in [5, 5.41) is 5.10. The number of carbonyl (C=O) groups excluding carboxylic acids is 1. The Morgan fingerprint density at radius 3 is 3.00 bits per heavy atom. The summed E-state index contributed by atoms with van der Waals surface area (Å²) in [6.45, 7) is 0. The van der Waals surface area contributed by atoms with Gasteiger partial charge in [-0.2, -0.15) is 0 Å². The van der Waals surface area contributed by atoms with Crippen molar-refractivity contribution in [1.29, 1.82) is 0 Å². The van der Waals surface area contributed by atoms with E-state index in [4.69, 9.17) is 4.74 Å². The molecule has 0 aliphatic rings. The highest BCUT2D eigenvalue weighted by Gasteiger charge is 2.11. The van der Waals surface area contributed by atoms with Crippen LogP contribution in [0.25, 0.3) is 11.3 Å². The minimum atomic E-state index is -0.334. The number of methoxy groups -OCH3 is 1. The average Bonchev–Trinajstić information content (AvgIpc) is 3.04. The molecule has 0 unspecified atom stereocenters. The Balaban J connectivity index is 1.78. The molecule has 2 heterocycles. The van der Waals surface area contributed by atoms with Gasteiger partial charge in [-0.15, -0.1) is 11.3 Å². The Morgan fingerprint density at radius 2 is 2.23 bits per heavy atom. The highest BCUT2D eigenvalue weighted by atomic mass is 32.1. The number of aromatic nitrogens is 3. The Kier molecular flexibility index (Phi) is 4.06. The van der Waals surface area contributed by atoms with Gasteiger partial charge in [0.25, 0.3) is 5.91 Å². The van der Waals surface area contributed by atoms with Crippen molar-refractivity contribution in [1.82, 2.24) is 15.0 Å². The summed E-state index contributed by atoms with van der Waals surface area (Å²) in [5.74, 6) is 0.426. The van der Waals surface area contributed by atoms with E-state index in [1.807, 2.05) is 29.6 Å². The van der Waals surface area contributed by atoms with Gasteiger partial charge in [-0.1, -0.05) is 12.1 Å². The number of amides is 1. The van der Waals surface area contributed by atoms with Gasteiger partial charge in [-0.25, -0.2) is 9.97 Å². The Bertz CT molecular complexity index is 789. The molecule has 0 saturated heterocycles. The molecule has 0 aliphatic carbocycles. The van der Waals surface area contributed by atoms with Gasteiger partial charge in [0.05, 0.1) is 19.0 Å². The summed E-state index contributed by atoms with van der Waals surface area (Å²) in [4.78, 5) is 24.2. The van der Waals surface area contributed by atoms with Crippen LogP contribution in [0.4, 0.5) is 5.13 Å². The maximum atomic E-state index is 12.0. The van der Waals surface area contributed by atoms with Crippen molar-refractivity contribution >= 4 is 22.4 Å². The number of carbonyl (C=O) groups is 1. The van der Waals surface area contributed by atoms with Gasteiger partial charge in [0, 0.05) is 23.3 Å².